The number of hydrogen-bond acceptors (Lipinski definition) is 4. The summed E-state index contributed by atoms with van der Waals surface area (Å²) >= 11 is 0. The zero-order chi connectivity index (χ0) is 20.3. The maximum absolute atomic E-state index is 14.2. The van der Waals surface area contributed by atoms with Crippen LogP contribution in [0.4, 0.5) is 14.5 Å². The number of carbonyl (C=O) groups is 3. The molecule has 7 heteroatoms. The average molecular weight is 394 g/mol. The lowest BCUT2D eigenvalue weighted by Crippen LogP contribution is -2.48. The molecule has 3 aliphatic rings. The highest BCUT2D eigenvalue weighted by atomic mass is 19.1. The Morgan fingerprint density at radius 2 is 1.62 bits per heavy atom. The van der Waals surface area contributed by atoms with Gasteiger partial charge in [-0.15, -0.1) is 0 Å². The van der Waals surface area contributed by atoms with E-state index in [-0.39, 0.29) is 23.8 Å². The molecular weight excluding hydrogens is 378 g/mol. The van der Waals surface area contributed by atoms with Crippen molar-refractivity contribution in [2.24, 2.45) is 11.8 Å². The minimum Gasteiger partial charge on any atom is -0.293 e. The highest BCUT2D eigenvalue weighted by Gasteiger charge is 2.64. The molecule has 5 nitrogen and oxygen atoms in total. The van der Waals surface area contributed by atoms with Crippen LogP contribution in [0.1, 0.15) is 5.56 Å². The minimum absolute atomic E-state index is 0.0616. The normalized spacial score (nSPS) is 28.3. The predicted molar refractivity (Wildman–Crippen MR) is 99.5 cm³/mol. The van der Waals surface area contributed by atoms with Gasteiger partial charge in [-0.05, 0) is 36.4 Å². The molecule has 3 aliphatic heterocycles. The van der Waals surface area contributed by atoms with Crippen molar-refractivity contribution in [3.63, 3.8) is 0 Å². The summed E-state index contributed by atoms with van der Waals surface area (Å²) < 4.78 is 27.8. The molecule has 146 valence electrons. The average Bonchev–Trinajstić information content (AvgIpc) is 3.09. The SMILES string of the molecule is O=C1C=C[C@H]2[C@@H]3C(=O)N(c4ccccc4)C(=O)[C@@H]3[C@@H]1N2Cc1cc(F)ccc1F. The Hall–Kier alpha value is -3.19. The lowest BCUT2D eigenvalue weighted by atomic mass is 9.90. The number of fused-ring (bicyclic) bond motifs is 5. The summed E-state index contributed by atoms with van der Waals surface area (Å²) in [6, 6.07) is 10.3. The van der Waals surface area contributed by atoms with Crippen molar-refractivity contribution in [2.45, 2.75) is 18.6 Å². The van der Waals surface area contributed by atoms with Crippen LogP contribution >= 0.6 is 0 Å². The maximum Gasteiger partial charge on any atom is 0.239 e. The number of rotatable bonds is 3. The number of nitrogens with zero attached hydrogens (tertiary/aromatic N) is 2. The third-order valence-corrected chi connectivity index (χ3v) is 5.97. The summed E-state index contributed by atoms with van der Waals surface area (Å²) in [7, 11) is 0. The van der Waals surface area contributed by atoms with E-state index in [0.29, 0.717) is 5.69 Å². The summed E-state index contributed by atoms with van der Waals surface area (Å²) in [5.74, 6) is -3.86. The minimum atomic E-state index is -0.872. The fourth-order valence-corrected chi connectivity index (χ4v) is 4.76. The van der Waals surface area contributed by atoms with Gasteiger partial charge in [0, 0.05) is 18.2 Å². The summed E-state index contributed by atoms with van der Waals surface area (Å²) in [5, 5.41) is 0. The first kappa shape index (κ1) is 17.9. The van der Waals surface area contributed by atoms with Gasteiger partial charge in [-0.1, -0.05) is 24.3 Å². The third-order valence-electron chi connectivity index (χ3n) is 5.97. The lowest BCUT2D eigenvalue weighted by molar-refractivity contribution is -0.129. The Balaban J connectivity index is 1.53. The number of hydrogen-bond donors (Lipinski definition) is 0. The predicted octanol–water partition coefficient (Wildman–Crippen LogP) is 2.46. The van der Waals surface area contributed by atoms with E-state index in [1.165, 1.54) is 6.08 Å². The molecule has 0 aliphatic carbocycles. The van der Waals surface area contributed by atoms with Gasteiger partial charge in [-0.25, -0.2) is 13.7 Å². The zero-order valence-corrected chi connectivity index (χ0v) is 15.2. The summed E-state index contributed by atoms with van der Waals surface area (Å²) in [6.07, 6.45) is 2.99. The second-order valence-corrected chi connectivity index (χ2v) is 7.50. The number of benzene rings is 2. The molecule has 0 aromatic heterocycles. The fourth-order valence-electron chi connectivity index (χ4n) is 4.76. The number of carbonyl (C=O) groups excluding carboxylic acids is 3. The monoisotopic (exact) mass is 394 g/mol. The molecule has 29 heavy (non-hydrogen) atoms. The van der Waals surface area contributed by atoms with E-state index in [2.05, 4.69) is 0 Å². The van der Waals surface area contributed by atoms with Crippen LogP contribution in [0.5, 0.6) is 0 Å². The zero-order valence-electron chi connectivity index (χ0n) is 15.2. The maximum atomic E-state index is 14.2. The van der Waals surface area contributed by atoms with Gasteiger partial charge in [0.15, 0.2) is 5.78 Å². The summed E-state index contributed by atoms with van der Waals surface area (Å²) in [5.41, 5.74) is 0.553. The topological polar surface area (TPSA) is 57.7 Å². The molecule has 2 aromatic rings. The van der Waals surface area contributed by atoms with Crippen LogP contribution in [0.2, 0.25) is 0 Å². The van der Waals surface area contributed by atoms with Gasteiger partial charge in [-0.2, -0.15) is 0 Å². The molecule has 2 fully saturated rings. The summed E-state index contributed by atoms with van der Waals surface area (Å²) in [6.45, 7) is -0.0616. The largest absolute Gasteiger partial charge is 0.293 e. The molecule has 2 bridgehead atoms. The highest BCUT2D eigenvalue weighted by molar-refractivity contribution is 6.24. The van der Waals surface area contributed by atoms with E-state index >= 15 is 0 Å². The van der Waals surface area contributed by atoms with Gasteiger partial charge in [0.2, 0.25) is 11.8 Å². The van der Waals surface area contributed by atoms with Crippen LogP contribution < -0.4 is 4.90 Å². The summed E-state index contributed by atoms with van der Waals surface area (Å²) in [4.78, 5) is 41.8. The van der Waals surface area contributed by atoms with Gasteiger partial charge in [0.05, 0.1) is 23.6 Å². The van der Waals surface area contributed by atoms with Crippen molar-refractivity contribution < 1.29 is 23.2 Å². The smallest absolute Gasteiger partial charge is 0.239 e. The second kappa shape index (κ2) is 6.42. The Kier molecular flexibility index (Phi) is 3.96. The van der Waals surface area contributed by atoms with Crippen LogP contribution in [-0.2, 0) is 20.9 Å². The van der Waals surface area contributed by atoms with E-state index in [1.807, 2.05) is 0 Å². The molecule has 2 aromatic carbocycles. The molecule has 4 atom stereocenters. The number of imide groups is 1. The van der Waals surface area contributed by atoms with Gasteiger partial charge in [0.1, 0.15) is 11.6 Å². The Bertz CT molecular complexity index is 1070. The number of para-hydroxylation sites is 1. The van der Waals surface area contributed by atoms with E-state index in [1.54, 1.807) is 41.3 Å². The fraction of sp³-hybridized carbons (Fsp3) is 0.227. The van der Waals surface area contributed by atoms with E-state index in [9.17, 15) is 23.2 Å². The van der Waals surface area contributed by atoms with Crippen molar-refractivity contribution in [1.82, 2.24) is 4.90 Å². The van der Waals surface area contributed by atoms with Gasteiger partial charge in [-0.3, -0.25) is 19.3 Å². The third kappa shape index (κ3) is 2.57. The second-order valence-electron chi connectivity index (χ2n) is 7.50. The van der Waals surface area contributed by atoms with Crippen LogP contribution in [0.25, 0.3) is 0 Å². The molecule has 0 N–H and O–H groups in total. The highest BCUT2D eigenvalue weighted by Crippen LogP contribution is 2.47. The first-order chi connectivity index (χ1) is 14.0. The quantitative estimate of drug-likeness (QED) is 0.751. The molecule has 0 radical (unpaired) electrons. The molecule has 2 saturated heterocycles. The number of ketones is 1. The molecule has 5 rings (SSSR count). The van der Waals surface area contributed by atoms with E-state index < -0.39 is 41.5 Å². The number of amides is 2. The van der Waals surface area contributed by atoms with Crippen LogP contribution in [0, 0.1) is 23.5 Å². The Morgan fingerprint density at radius 1 is 0.897 bits per heavy atom. The molecule has 0 spiro atoms. The van der Waals surface area contributed by atoms with Crippen molar-refractivity contribution in [2.75, 3.05) is 4.90 Å². The molecule has 3 heterocycles. The van der Waals surface area contributed by atoms with Crippen molar-refractivity contribution in [1.29, 1.82) is 0 Å². The first-order valence-electron chi connectivity index (χ1n) is 9.32. The van der Waals surface area contributed by atoms with E-state index in [4.69, 9.17) is 0 Å². The lowest BCUT2D eigenvalue weighted by Gasteiger charge is -2.33. The Labute approximate surface area is 165 Å². The first-order valence-corrected chi connectivity index (χ1v) is 9.32. The van der Waals surface area contributed by atoms with Gasteiger partial charge >= 0.3 is 0 Å². The molecule has 0 saturated carbocycles. The Morgan fingerprint density at radius 3 is 2.38 bits per heavy atom. The number of halogens is 2. The molecular formula is C22H16F2N2O3. The molecule has 0 unspecified atom stereocenters. The van der Waals surface area contributed by atoms with Crippen LogP contribution in [-0.4, -0.2) is 34.6 Å². The van der Waals surface area contributed by atoms with Crippen molar-refractivity contribution in [3.05, 3.63) is 77.9 Å². The number of anilines is 1. The van der Waals surface area contributed by atoms with Crippen LogP contribution in [0.15, 0.2) is 60.7 Å². The van der Waals surface area contributed by atoms with Crippen molar-refractivity contribution in [3.8, 4) is 0 Å². The van der Waals surface area contributed by atoms with Gasteiger partial charge < -0.3 is 0 Å². The van der Waals surface area contributed by atoms with Crippen LogP contribution in [0.3, 0.4) is 0 Å². The standard InChI is InChI=1S/C22H16F2N2O3/c23-13-6-7-15(24)12(10-13)11-25-16-8-9-17(27)20(25)19-18(16)21(28)26(22(19)29)14-4-2-1-3-5-14/h1-10,16,18-20H,11H2/t16-,18-,19-,20+/m0/s1. The molecule has 2 amide bonds. The van der Waals surface area contributed by atoms with Gasteiger partial charge in [0.25, 0.3) is 0 Å². The van der Waals surface area contributed by atoms with E-state index in [0.717, 1.165) is 23.1 Å². The van der Waals surface area contributed by atoms with Crippen molar-refractivity contribution >= 4 is 23.3 Å².